The van der Waals surface area contributed by atoms with Crippen LogP contribution in [0, 0.1) is 0 Å². The number of amides is 1. The maximum absolute atomic E-state index is 12.3. The van der Waals surface area contributed by atoms with Crippen molar-refractivity contribution in [2.75, 3.05) is 6.54 Å². The predicted molar refractivity (Wildman–Crippen MR) is 91.8 cm³/mol. The van der Waals surface area contributed by atoms with Gasteiger partial charge >= 0.3 is 11.9 Å². The van der Waals surface area contributed by atoms with Gasteiger partial charge in [-0.3, -0.25) is 14.5 Å². The molecule has 0 saturated carbocycles. The maximum atomic E-state index is 12.3. The van der Waals surface area contributed by atoms with Gasteiger partial charge in [0.05, 0.1) is 10.5 Å². The Morgan fingerprint density at radius 3 is 2.62 bits per heavy atom. The van der Waals surface area contributed by atoms with Crippen LogP contribution in [0.15, 0.2) is 23.1 Å². The summed E-state index contributed by atoms with van der Waals surface area (Å²) in [6.45, 7) is 0.190. The van der Waals surface area contributed by atoms with Crippen LogP contribution in [0.4, 0.5) is 0 Å². The molecule has 1 fully saturated rings. The SMILES string of the molecule is O=C(O)CCCN1C(=O)C(=Cc2cc(C(=O)O)ccc2O)SC1=S. The van der Waals surface area contributed by atoms with Gasteiger partial charge < -0.3 is 15.3 Å². The topological polar surface area (TPSA) is 115 Å². The number of benzene rings is 1. The number of thiocarbonyl (C=S) groups is 1. The molecule has 1 amide bonds. The Morgan fingerprint density at radius 1 is 1.29 bits per heavy atom. The van der Waals surface area contributed by atoms with E-state index in [0.717, 1.165) is 11.8 Å². The number of phenols is 1. The van der Waals surface area contributed by atoms with Gasteiger partial charge in [-0.2, -0.15) is 0 Å². The molecule has 0 aromatic heterocycles. The van der Waals surface area contributed by atoms with Crippen LogP contribution in [-0.4, -0.2) is 48.9 Å². The molecule has 1 heterocycles. The summed E-state index contributed by atoms with van der Waals surface area (Å²) >= 11 is 6.13. The van der Waals surface area contributed by atoms with Crippen molar-refractivity contribution in [1.29, 1.82) is 0 Å². The van der Waals surface area contributed by atoms with Crippen LogP contribution < -0.4 is 0 Å². The third-order valence-corrected chi connectivity index (χ3v) is 4.58. The van der Waals surface area contributed by atoms with Crippen molar-refractivity contribution in [2.24, 2.45) is 0 Å². The number of carbonyl (C=O) groups is 3. The fourth-order valence-electron chi connectivity index (χ4n) is 2.03. The molecule has 1 aliphatic rings. The molecule has 0 bridgehead atoms. The van der Waals surface area contributed by atoms with E-state index in [1.54, 1.807) is 0 Å². The highest BCUT2D eigenvalue weighted by molar-refractivity contribution is 8.26. The first kappa shape index (κ1) is 18.0. The summed E-state index contributed by atoms with van der Waals surface area (Å²) in [7, 11) is 0. The molecule has 9 heteroatoms. The lowest BCUT2D eigenvalue weighted by Gasteiger charge is -2.13. The predicted octanol–water partition coefficient (Wildman–Crippen LogP) is 2.16. The van der Waals surface area contributed by atoms with Crippen LogP contribution in [0.25, 0.3) is 6.08 Å². The summed E-state index contributed by atoms with van der Waals surface area (Å²) in [5.41, 5.74) is 0.178. The van der Waals surface area contributed by atoms with Crippen molar-refractivity contribution >= 4 is 52.2 Å². The zero-order valence-corrected chi connectivity index (χ0v) is 13.9. The van der Waals surface area contributed by atoms with E-state index in [1.807, 2.05) is 0 Å². The number of carboxylic acid groups (broad SMARTS) is 2. The van der Waals surface area contributed by atoms with Crippen LogP contribution in [0.5, 0.6) is 5.75 Å². The van der Waals surface area contributed by atoms with E-state index in [4.69, 9.17) is 22.4 Å². The van der Waals surface area contributed by atoms with Gasteiger partial charge in [0.15, 0.2) is 0 Å². The number of aromatic hydroxyl groups is 1. The Kier molecular flexibility index (Phi) is 5.58. The first-order valence-electron chi connectivity index (χ1n) is 6.83. The molecule has 0 unspecified atom stereocenters. The highest BCUT2D eigenvalue weighted by Gasteiger charge is 2.31. The summed E-state index contributed by atoms with van der Waals surface area (Å²) < 4.78 is 0.297. The molecule has 7 nitrogen and oxygen atoms in total. The number of rotatable bonds is 6. The molecule has 24 heavy (non-hydrogen) atoms. The number of hydrogen-bond donors (Lipinski definition) is 3. The number of nitrogens with zero attached hydrogens (tertiary/aromatic N) is 1. The minimum atomic E-state index is -1.15. The number of carbonyl (C=O) groups excluding carboxylic acids is 1. The number of carboxylic acids is 2. The van der Waals surface area contributed by atoms with Crippen molar-refractivity contribution in [3.05, 3.63) is 34.2 Å². The smallest absolute Gasteiger partial charge is 0.335 e. The molecule has 1 aromatic rings. The van der Waals surface area contributed by atoms with Crippen molar-refractivity contribution < 1.29 is 29.7 Å². The minimum absolute atomic E-state index is 0.0176. The molecule has 1 aliphatic heterocycles. The Bertz CT molecular complexity index is 758. The van der Waals surface area contributed by atoms with Crippen molar-refractivity contribution in [3.8, 4) is 5.75 Å². The second-order valence-electron chi connectivity index (χ2n) is 4.91. The molecular formula is C15H13NO6S2. The Morgan fingerprint density at radius 2 is 2.00 bits per heavy atom. The highest BCUT2D eigenvalue weighted by atomic mass is 32.2. The van der Waals surface area contributed by atoms with Gasteiger partial charge in [-0.15, -0.1) is 0 Å². The van der Waals surface area contributed by atoms with Crippen molar-refractivity contribution in [3.63, 3.8) is 0 Å². The Hall–Kier alpha value is -2.39. The van der Waals surface area contributed by atoms with E-state index in [-0.39, 0.29) is 41.2 Å². The molecule has 1 aromatic carbocycles. The fourth-order valence-corrected chi connectivity index (χ4v) is 3.33. The molecule has 1 saturated heterocycles. The van der Waals surface area contributed by atoms with E-state index < -0.39 is 17.8 Å². The zero-order chi connectivity index (χ0) is 17.9. The average molecular weight is 367 g/mol. The number of thioether (sulfide) groups is 1. The summed E-state index contributed by atoms with van der Waals surface area (Å²) in [4.78, 5) is 35.4. The second kappa shape index (κ2) is 7.45. The third-order valence-electron chi connectivity index (χ3n) is 3.21. The van der Waals surface area contributed by atoms with Gasteiger partial charge in [0.1, 0.15) is 10.1 Å². The Labute approximate surface area is 146 Å². The lowest BCUT2D eigenvalue weighted by molar-refractivity contribution is -0.137. The largest absolute Gasteiger partial charge is 0.507 e. The van der Waals surface area contributed by atoms with Crippen LogP contribution in [-0.2, 0) is 9.59 Å². The first-order chi connectivity index (χ1) is 11.3. The quantitative estimate of drug-likeness (QED) is 0.517. The van der Waals surface area contributed by atoms with E-state index >= 15 is 0 Å². The second-order valence-corrected chi connectivity index (χ2v) is 6.59. The standard InChI is InChI=1S/C15H13NO6S2/c17-10-4-3-8(14(21)22)6-9(10)7-11-13(20)16(15(23)24-11)5-1-2-12(18)19/h3-4,6-7,17H,1-2,5H2,(H,18,19)(H,21,22). The number of phenolic OH excluding ortho intramolecular Hbond substituents is 1. The highest BCUT2D eigenvalue weighted by Crippen LogP contribution is 2.34. The van der Waals surface area contributed by atoms with E-state index in [9.17, 15) is 19.5 Å². The van der Waals surface area contributed by atoms with Crippen LogP contribution >= 0.6 is 24.0 Å². The van der Waals surface area contributed by atoms with Gasteiger partial charge in [0.2, 0.25) is 0 Å². The van der Waals surface area contributed by atoms with E-state index in [1.165, 1.54) is 29.2 Å². The van der Waals surface area contributed by atoms with Gasteiger partial charge in [-0.25, -0.2) is 4.79 Å². The van der Waals surface area contributed by atoms with Crippen LogP contribution in [0.3, 0.4) is 0 Å². The molecule has 0 radical (unpaired) electrons. The van der Waals surface area contributed by atoms with Gasteiger partial charge in [0.25, 0.3) is 5.91 Å². The first-order valence-corrected chi connectivity index (χ1v) is 8.05. The summed E-state index contributed by atoms with van der Waals surface area (Å²) in [5, 5.41) is 27.5. The molecule has 0 spiro atoms. The average Bonchev–Trinajstić information content (AvgIpc) is 2.76. The molecule has 0 aliphatic carbocycles. The number of hydrogen-bond acceptors (Lipinski definition) is 6. The number of aliphatic carboxylic acids is 1. The monoisotopic (exact) mass is 367 g/mol. The minimum Gasteiger partial charge on any atom is -0.507 e. The fraction of sp³-hybridized carbons (Fsp3) is 0.200. The van der Waals surface area contributed by atoms with Gasteiger partial charge in [-0.05, 0) is 30.7 Å². The molecule has 0 atom stereocenters. The van der Waals surface area contributed by atoms with Gasteiger partial charge in [0, 0.05) is 18.5 Å². The Balaban J connectivity index is 2.21. The molecular weight excluding hydrogens is 354 g/mol. The van der Waals surface area contributed by atoms with Crippen molar-refractivity contribution in [1.82, 2.24) is 4.90 Å². The maximum Gasteiger partial charge on any atom is 0.335 e. The zero-order valence-electron chi connectivity index (χ0n) is 12.3. The van der Waals surface area contributed by atoms with E-state index in [2.05, 4.69) is 0 Å². The van der Waals surface area contributed by atoms with Gasteiger partial charge in [-0.1, -0.05) is 24.0 Å². The molecule has 3 N–H and O–H groups in total. The lowest BCUT2D eigenvalue weighted by Crippen LogP contribution is -2.29. The van der Waals surface area contributed by atoms with E-state index in [0.29, 0.717) is 4.32 Å². The summed E-state index contributed by atoms with van der Waals surface area (Å²) in [5.74, 6) is -2.65. The summed E-state index contributed by atoms with van der Waals surface area (Å²) in [6, 6.07) is 3.75. The lowest BCUT2D eigenvalue weighted by atomic mass is 10.1. The number of aromatic carboxylic acids is 1. The normalized spacial score (nSPS) is 16.0. The van der Waals surface area contributed by atoms with Crippen LogP contribution in [0.1, 0.15) is 28.8 Å². The summed E-state index contributed by atoms with van der Waals surface area (Å²) in [6.07, 6.45) is 1.57. The van der Waals surface area contributed by atoms with Crippen LogP contribution in [0.2, 0.25) is 0 Å². The van der Waals surface area contributed by atoms with Crippen molar-refractivity contribution in [2.45, 2.75) is 12.8 Å². The molecule has 2 rings (SSSR count). The third kappa shape index (κ3) is 4.12. The molecule has 126 valence electrons.